The van der Waals surface area contributed by atoms with Crippen molar-refractivity contribution in [2.45, 2.75) is 0 Å². The molecule has 0 bridgehead atoms. The molecule has 4 nitrogen and oxygen atoms in total. The van der Waals surface area contributed by atoms with Crippen molar-refractivity contribution in [1.29, 1.82) is 0 Å². The van der Waals surface area contributed by atoms with Crippen LogP contribution in [0, 0.1) is 0 Å². The number of carboxylic acids is 1. The fourth-order valence-electron chi connectivity index (χ4n) is 2.26. The van der Waals surface area contributed by atoms with Crippen LogP contribution in [-0.4, -0.2) is 16.9 Å². The van der Waals surface area contributed by atoms with Gasteiger partial charge in [-0.3, -0.25) is 4.79 Å². The average Bonchev–Trinajstić information content (AvgIpc) is 3.09. The molecule has 24 heavy (non-hydrogen) atoms. The van der Waals surface area contributed by atoms with Gasteiger partial charge in [0.25, 0.3) is 0 Å². The molecule has 3 aromatic rings. The zero-order chi connectivity index (χ0) is 16.9. The average molecular weight is 318 g/mol. The van der Waals surface area contributed by atoms with E-state index in [0.29, 0.717) is 22.6 Å². The lowest BCUT2D eigenvalue weighted by Gasteiger charge is -1.99. The fraction of sp³-hybridized carbons (Fsp3) is 0. The monoisotopic (exact) mass is 318 g/mol. The predicted octanol–water partition coefficient (Wildman–Crippen LogP) is 4.54. The third-order valence-electron chi connectivity index (χ3n) is 3.48. The zero-order valence-corrected chi connectivity index (χ0v) is 12.7. The number of hydrogen-bond donors (Lipinski definition) is 1. The maximum atomic E-state index is 12.0. The summed E-state index contributed by atoms with van der Waals surface area (Å²) in [4.78, 5) is 23.0. The molecule has 3 rings (SSSR count). The molecule has 0 radical (unpaired) electrons. The van der Waals surface area contributed by atoms with Gasteiger partial charge in [0.2, 0.25) is 0 Å². The number of rotatable bonds is 5. The molecule has 0 amide bonds. The number of aromatic carboxylic acids is 1. The van der Waals surface area contributed by atoms with Crippen molar-refractivity contribution in [3.63, 3.8) is 0 Å². The third-order valence-corrected chi connectivity index (χ3v) is 3.48. The first-order chi connectivity index (χ1) is 11.6. The summed E-state index contributed by atoms with van der Waals surface area (Å²) in [5.74, 6) is -0.0293. The smallest absolute Gasteiger partial charge is 0.335 e. The molecule has 0 atom stereocenters. The summed E-state index contributed by atoms with van der Waals surface area (Å²) in [6, 6.07) is 18.9. The van der Waals surface area contributed by atoms with Crippen molar-refractivity contribution in [3.05, 3.63) is 89.7 Å². The maximum absolute atomic E-state index is 12.0. The van der Waals surface area contributed by atoms with E-state index in [1.807, 2.05) is 18.2 Å². The predicted molar refractivity (Wildman–Crippen MR) is 90.9 cm³/mol. The lowest BCUT2D eigenvalue weighted by molar-refractivity contribution is 0.0696. The van der Waals surface area contributed by atoms with Crippen LogP contribution in [0.2, 0.25) is 0 Å². The van der Waals surface area contributed by atoms with Crippen LogP contribution in [-0.2, 0) is 0 Å². The van der Waals surface area contributed by atoms with Crippen molar-refractivity contribution in [3.8, 4) is 11.3 Å². The van der Waals surface area contributed by atoms with Crippen LogP contribution < -0.4 is 0 Å². The Labute approximate surface area is 138 Å². The minimum Gasteiger partial charge on any atom is -0.478 e. The first-order valence-electron chi connectivity index (χ1n) is 7.34. The molecule has 0 spiro atoms. The minimum atomic E-state index is -0.989. The van der Waals surface area contributed by atoms with E-state index in [9.17, 15) is 9.59 Å². The standard InChI is InChI=1S/C20H14O4/c21-18(14-5-2-1-3-6-14)11-9-17-10-12-19(24-17)15-7-4-8-16(13-15)20(22)23/h1-13H,(H,22,23)/b11-9+. The fourth-order valence-corrected chi connectivity index (χ4v) is 2.26. The number of ketones is 1. The van der Waals surface area contributed by atoms with Crippen molar-refractivity contribution in [2.75, 3.05) is 0 Å². The number of allylic oxidation sites excluding steroid dienone is 1. The molecule has 4 heteroatoms. The van der Waals surface area contributed by atoms with Gasteiger partial charge >= 0.3 is 5.97 Å². The molecule has 0 unspecified atom stereocenters. The lowest BCUT2D eigenvalue weighted by atomic mass is 10.1. The van der Waals surface area contributed by atoms with Gasteiger partial charge in [-0.25, -0.2) is 4.79 Å². The van der Waals surface area contributed by atoms with Gasteiger partial charge in [-0.1, -0.05) is 42.5 Å². The zero-order valence-electron chi connectivity index (χ0n) is 12.7. The topological polar surface area (TPSA) is 67.5 Å². The van der Waals surface area contributed by atoms with Crippen molar-refractivity contribution in [2.24, 2.45) is 0 Å². The van der Waals surface area contributed by atoms with Gasteiger partial charge in [0, 0.05) is 11.1 Å². The second-order valence-electron chi connectivity index (χ2n) is 5.15. The first-order valence-corrected chi connectivity index (χ1v) is 7.34. The summed E-state index contributed by atoms with van der Waals surface area (Å²) in [5.41, 5.74) is 1.47. The van der Waals surface area contributed by atoms with E-state index in [0.717, 1.165) is 0 Å². The summed E-state index contributed by atoms with van der Waals surface area (Å²) in [7, 11) is 0. The molecule has 118 valence electrons. The molecule has 0 aliphatic carbocycles. The van der Waals surface area contributed by atoms with Crippen molar-refractivity contribution in [1.82, 2.24) is 0 Å². The van der Waals surface area contributed by atoms with Gasteiger partial charge in [0.05, 0.1) is 5.56 Å². The van der Waals surface area contributed by atoms with Gasteiger partial charge in [-0.15, -0.1) is 0 Å². The number of carbonyl (C=O) groups is 2. The summed E-state index contributed by atoms with van der Waals surface area (Å²) in [5, 5.41) is 9.04. The Bertz CT molecular complexity index is 904. The number of carbonyl (C=O) groups excluding carboxylic acids is 1. The maximum Gasteiger partial charge on any atom is 0.335 e. The van der Waals surface area contributed by atoms with Crippen LogP contribution >= 0.6 is 0 Å². The molecular formula is C20H14O4. The van der Waals surface area contributed by atoms with E-state index < -0.39 is 5.97 Å². The lowest BCUT2D eigenvalue weighted by Crippen LogP contribution is -1.95. The molecule has 0 saturated heterocycles. The number of benzene rings is 2. The molecular weight excluding hydrogens is 304 g/mol. The van der Waals surface area contributed by atoms with Crippen LogP contribution in [0.3, 0.4) is 0 Å². The highest BCUT2D eigenvalue weighted by molar-refractivity contribution is 6.06. The van der Waals surface area contributed by atoms with Crippen LogP contribution in [0.1, 0.15) is 26.5 Å². The molecule has 0 saturated carbocycles. The Balaban J connectivity index is 1.79. The summed E-state index contributed by atoms with van der Waals surface area (Å²) in [6.45, 7) is 0. The molecule has 1 N–H and O–H groups in total. The van der Waals surface area contributed by atoms with Gasteiger partial charge in [0.1, 0.15) is 11.5 Å². The Hall–Kier alpha value is -3.40. The van der Waals surface area contributed by atoms with Gasteiger partial charge in [-0.2, -0.15) is 0 Å². The molecule has 1 heterocycles. The molecule has 0 fully saturated rings. The van der Waals surface area contributed by atoms with Crippen LogP contribution in [0.25, 0.3) is 17.4 Å². The van der Waals surface area contributed by atoms with Crippen molar-refractivity contribution >= 4 is 17.8 Å². The normalized spacial score (nSPS) is 10.8. The molecule has 0 aliphatic heterocycles. The quantitative estimate of drug-likeness (QED) is 0.554. The summed E-state index contributed by atoms with van der Waals surface area (Å²) < 4.78 is 5.66. The van der Waals surface area contributed by atoms with E-state index in [-0.39, 0.29) is 11.3 Å². The molecule has 0 aliphatic rings. The highest BCUT2D eigenvalue weighted by Gasteiger charge is 2.08. The third kappa shape index (κ3) is 3.50. The van der Waals surface area contributed by atoms with E-state index in [4.69, 9.17) is 9.52 Å². The Morgan fingerprint density at radius 3 is 2.38 bits per heavy atom. The first kappa shape index (κ1) is 15.5. The van der Waals surface area contributed by atoms with Gasteiger partial charge in [0.15, 0.2) is 5.78 Å². The number of carboxylic acid groups (broad SMARTS) is 1. The van der Waals surface area contributed by atoms with Crippen LogP contribution in [0.4, 0.5) is 0 Å². The Morgan fingerprint density at radius 2 is 1.62 bits per heavy atom. The number of furan rings is 1. The van der Waals surface area contributed by atoms with Crippen molar-refractivity contribution < 1.29 is 19.1 Å². The SMILES string of the molecule is O=C(O)c1cccc(-c2ccc(/C=C/C(=O)c3ccccc3)o2)c1. The summed E-state index contributed by atoms with van der Waals surface area (Å²) >= 11 is 0. The van der Waals surface area contributed by atoms with Crippen LogP contribution in [0.5, 0.6) is 0 Å². The van der Waals surface area contributed by atoms with E-state index in [2.05, 4.69) is 0 Å². The van der Waals surface area contributed by atoms with E-state index in [1.54, 1.807) is 48.5 Å². The van der Waals surface area contributed by atoms with Crippen LogP contribution in [0.15, 0.2) is 77.2 Å². The highest BCUT2D eigenvalue weighted by Crippen LogP contribution is 2.24. The van der Waals surface area contributed by atoms with E-state index >= 15 is 0 Å². The summed E-state index contributed by atoms with van der Waals surface area (Å²) in [6.07, 6.45) is 3.05. The molecule has 2 aromatic carbocycles. The van der Waals surface area contributed by atoms with Gasteiger partial charge in [-0.05, 0) is 36.4 Å². The minimum absolute atomic E-state index is 0.110. The van der Waals surface area contributed by atoms with Gasteiger partial charge < -0.3 is 9.52 Å². The number of hydrogen-bond acceptors (Lipinski definition) is 3. The Morgan fingerprint density at radius 1 is 0.875 bits per heavy atom. The highest BCUT2D eigenvalue weighted by atomic mass is 16.4. The second-order valence-corrected chi connectivity index (χ2v) is 5.15. The Kier molecular flexibility index (Phi) is 4.38. The second kappa shape index (κ2) is 6.79. The molecule has 1 aromatic heterocycles. The largest absolute Gasteiger partial charge is 0.478 e. The van der Waals surface area contributed by atoms with E-state index in [1.165, 1.54) is 12.1 Å².